The van der Waals surface area contributed by atoms with Crippen molar-refractivity contribution in [1.82, 2.24) is 24.7 Å². The van der Waals surface area contributed by atoms with Gasteiger partial charge in [0.25, 0.3) is 0 Å². The van der Waals surface area contributed by atoms with Crippen molar-refractivity contribution in [2.75, 3.05) is 31.1 Å². The van der Waals surface area contributed by atoms with Crippen molar-refractivity contribution in [2.45, 2.75) is 13.5 Å². The number of thiophene rings is 1. The minimum atomic E-state index is 0.780. The molecule has 148 valence electrons. The van der Waals surface area contributed by atoms with Crippen molar-refractivity contribution in [3.63, 3.8) is 0 Å². The molecule has 0 unspecified atom stereocenters. The Kier molecular flexibility index (Phi) is 4.95. The van der Waals surface area contributed by atoms with Gasteiger partial charge in [0.2, 0.25) is 0 Å². The van der Waals surface area contributed by atoms with Crippen LogP contribution < -0.4 is 4.90 Å². The van der Waals surface area contributed by atoms with Crippen LogP contribution in [0.3, 0.4) is 0 Å². The number of fused-ring (bicyclic) bond motifs is 1. The summed E-state index contributed by atoms with van der Waals surface area (Å²) in [4.78, 5) is 7.49. The van der Waals surface area contributed by atoms with E-state index in [4.69, 9.17) is 16.7 Å². The summed E-state index contributed by atoms with van der Waals surface area (Å²) in [7, 11) is 0. The third-order valence-electron chi connectivity index (χ3n) is 5.25. The van der Waals surface area contributed by atoms with E-state index in [9.17, 15) is 0 Å². The van der Waals surface area contributed by atoms with Crippen molar-refractivity contribution in [1.29, 1.82) is 0 Å². The van der Waals surface area contributed by atoms with Crippen LogP contribution in [0.5, 0.6) is 0 Å². The van der Waals surface area contributed by atoms with Crippen LogP contribution in [-0.4, -0.2) is 50.9 Å². The molecule has 0 aliphatic carbocycles. The molecule has 0 saturated carbocycles. The Bertz CT molecular complexity index is 1150. The number of aryl methyl sites for hydroxylation is 1. The minimum Gasteiger partial charge on any atom is -0.353 e. The normalized spacial score (nSPS) is 15.3. The van der Waals surface area contributed by atoms with E-state index in [2.05, 4.69) is 38.2 Å². The molecule has 6 nitrogen and oxygen atoms in total. The zero-order valence-corrected chi connectivity index (χ0v) is 17.7. The molecule has 1 aliphatic rings. The number of rotatable bonds is 4. The highest BCUT2D eigenvalue weighted by Crippen LogP contribution is 2.30. The number of hydrogen-bond acceptors (Lipinski definition) is 6. The largest absolute Gasteiger partial charge is 0.353 e. The van der Waals surface area contributed by atoms with Crippen molar-refractivity contribution in [3.05, 3.63) is 64.3 Å². The zero-order valence-electron chi connectivity index (χ0n) is 16.1. The van der Waals surface area contributed by atoms with Gasteiger partial charge in [0.1, 0.15) is 5.82 Å². The van der Waals surface area contributed by atoms with Gasteiger partial charge in [0, 0.05) is 47.5 Å². The Morgan fingerprint density at radius 3 is 2.69 bits per heavy atom. The van der Waals surface area contributed by atoms with E-state index < -0.39 is 0 Å². The van der Waals surface area contributed by atoms with E-state index in [0.717, 1.165) is 55.0 Å². The molecule has 29 heavy (non-hydrogen) atoms. The molecule has 0 amide bonds. The number of halogens is 1. The van der Waals surface area contributed by atoms with E-state index in [-0.39, 0.29) is 0 Å². The summed E-state index contributed by atoms with van der Waals surface area (Å²) < 4.78 is 1.81. The van der Waals surface area contributed by atoms with E-state index in [1.54, 1.807) is 0 Å². The highest BCUT2D eigenvalue weighted by atomic mass is 35.5. The third-order valence-corrected chi connectivity index (χ3v) is 6.61. The first-order valence-corrected chi connectivity index (χ1v) is 10.9. The van der Waals surface area contributed by atoms with Gasteiger partial charge in [-0.05, 0) is 48.9 Å². The number of aromatic nitrogens is 4. The standard InChI is InChI=1S/C21H21ClN6S/c1-15-23-24-20-7-8-21(25-28(15)20)27-11-9-26(10-12-27)14-18-5-6-19(29-18)16-3-2-4-17(22)13-16/h2-8,13H,9-12,14H2,1H3. The molecular formula is C21H21ClN6S. The molecule has 1 saturated heterocycles. The molecule has 1 fully saturated rings. The molecular weight excluding hydrogens is 404 g/mol. The van der Waals surface area contributed by atoms with Crippen LogP contribution in [0.2, 0.25) is 5.02 Å². The van der Waals surface area contributed by atoms with Gasteiger partial charge < -0.3 is 4.90 Å². The summed E-state index contributed by atoms with van der Waals surface area (Å²) in [6.07, 6.45) is 0. The highest BCUT2D eigenvalue weighted by molar-refractivity contribution is 7.15. The van der Waals surface area contributed by atoms with Crippen molar-refractivity contribution in [3.8, 4) is 10.4 Å². The van der Waals surface area contributed by atoms with Gasteiger partial charge in [-0.3, -0.25) is 4.90 Å². The maximum Gasteiger partial charge on any atom is 0.178 e. The number of piperazine rings is 1. The fraction of sp³-hybridized carbons (Fsp3) is 0.286. The summed E-state index contributed by atoms with van der Waals surface area (Å²) in [6, 6.07) is 16.5. The Hall–Kier alpha value is -2.48. The van der Waals surface area contributed by atoms with Gasteiger partial charge in [-0.15, -0.1) is 26.6 Å². The van der Waals surface area contributed by atoms with Gasteiger partial charge in [-0.2, -0.15) is 4.52 Å². The molecule has 0 bridgehead atoms. The number of hydrogen-bond donors (Lipinski definition) is 0. The lowest BCUT2D eigenvalue weighted by atomic mass is 10.2. The molecule has 5 rings (SSSR count). The van der Waals surface area contributed by atoms with Crippen LogP contribution in [-0.2, 0) is 6.54 Å². The molecule has 0 spiro atoms. The Morgan fingerprint density at radius 1 is 1.00 bits per heavy atom. The van der Waals surface area contributed by atoms with E-state index >= 15 is 0 Å². The molecule has 0 radical (unpaired) electrons. The lowest BCUT2D eigenvalue weighted by molar-refractivity contribution is 0.251. The second-order valence-electron chi connectivity index (χ2n) is 7.25. The first-order chi connectivity index (χ1) is 14.2. The van der Waals surface area contributed by atoms with Crippen LogP contribution in [0.25, 0.3) is 16.1 Å². The monoisotopic (exact) mass is 424 g/mol. The second-order valence-corrected chi connectivity index (χ2v) is 8.85. The van der Waals surface area contributed by atoms with Gasteiger partial charge in [0.15, 0.2) is 11.5 Å². The smallest absolute Gasteiger partial charge is 0.178 e. The van der Waals surface area contributed by atoms with E-state index in [0.29, 0.717) is 0 Å². The molecule has 3 aromatic heterocycles. The van der Waals surface area contributed by atoms with Crippen LogP contribution in [0, 0.1) is 6.92 Å². The van der Waals surface area contributed by atoms with Gasteiger partial charge in [0.05, 0.1) is 0 Å². The second kappa shape index (κ2) is 7.74. The van der Waals surface area contributed by atoms with Gasteiger partial charge in [-0.25, -0.2) is 0 Å². The van der Waals surface area contributed by atoms with Gasteiger partial charge >= 0.3 is 0 Å². The summed E-state index contributed by atoms with van der Waals surface area (Å²) in [5.41, 5.74) is 1.97. The summed E-state index contributed by atoms with van der Waals surface area (Å²) >= 11 is 7.98. The molecule has 1 aromatic carbocycles. The average molecular weight is 425 g/mol. The molecule has 0 N–H and O–H groups in total. The first kappa shape index (κ1) is 18.5. The fourth-order valence-electron chi connectivity index (χ4n) is 3.67. The third kappa shape index (κ3) is 3.85. The summed E-state index contributed by atoms with van der Waals surface area (Å²) in [5.74, 6) is 1.80. The Morgan fingerprint density at radius 2 is 1.86 bits per heavy atom. The Balaban J connectivity index is 1.22. The maximum absolute atomic E-state index is 6.13. The topological polar surface area (TPSA) is 49.6 Å². The van der Waals surface area contributed by atoms with Crippen molar-refractivity contribution < 1.29 is 0 Å². The molecule has 0 atom stereocenters. The lowest BCUT2D eigenvalue weighted by Gasteiger charge is -2.35. The molecule has 4 heterocycles. The number of nitrogens with zero attached hydrogens (tertiary/aromatic N) is 6. The van der Waals surface area contributed by atoms with E-state index in [1.165, 1.54) is 15.3 Å². The molecule has 8 heteroatoms. The minimum absolute atomic E-state index is 0.780. The maximum atomic E-state index is 6.13. The van der Waals surface area contributed by atoms with Crippen LogP contribution in [0.1, 0.15) is 10.7 Å². The Labute approximate surface area is 178 Å². The number of benzene rings is 1. The SMILES string of the molecule is Cc1nnc2ccc(N3CCN(Cc4ccc(-c5cccc(Cl)c5)s4)CC3)nn12. The predicted octanol–water partition coefficient (Wildman–Crippen LogP) is 4.14. The van der Waals surface area contributed by atoms with E-state index in [1.807, 2.05) is 53.1 Å². The highest BCUT2D eigenvalue weighted by Gasteiger charge is 2.19. The molecule has 4 aromatic rings. The summed E-state index contributed by atoms with van der Waals surface area (Å²) in [5, 5.41) is 13.7. The van der Waals surface area contributed by atoms with Crippen LogP contribution in [0.15, 0.2) is 48.5 Å². The summed E-state index contributed by atoms with van der Waals surface area (Å²) in [6.45, 7) is 6.87. The first-order valence-electron chi connectivity index (χ1n) is 9.67. The lowest BCUT2D eigenvalue weighted by Crippen LogP contribution is -2.46. The quantitative estimate of drug-likeness (QED) is 0.493. The number of anilines is 1. The fourth-order valence-corrected chi connectivity index (χ4v) is 4.91. The average Bonchev–Trinajstić information content (AvgIpc) is 3.35. The van der Waals surface area contributed by atoms with Crippen molar-refractivity contribution in [2.24, 2.45) is 0 Å². The zero-order chi connectivity index (χ0) is 19.8. The van der Waals surface area contributed by atoms with Crippen LogP contribution >= 0.6 is 22.9 Å². The predicted molar refractivity (Wildman–Crippen MR) is 118 cm³/mol. The molecule has 1 aliphatic heterocycles. The van der Waals surface area contributed by atoms with Crippen LogP contribution in [0.4, 0.5) is 5.82 Å². The van der Waals surface area contributed by atoms with Gasteiger partial charge in [-0.1, -0.05) is 23.7 Å². The van der Waals surface area contributed by atoms with Crippen molar-refractivity contribution >= 4 is 34.4 Å².